The Morgan fingerprint density at radius 1 is 1.60 bits per heavy atom. The van der Waals surface area contributed by atoms with Crippen molar-refractivity contribution in [2.45, 2.75) is 45.7 Å². The molecule has 0 amide bonds. The average molecular weight is 224 g/mol. The van der Waals surface area contributed by atoms with Crippen molar-refractivity contribution >= 4 is 11.3 Å². The van der Waals surface area contributed by atoms with Gasteiger partial charge in [-0.05, 0) is 33.6 Å². The summed E-state index contributed by atoms with van der Waals surface area (Å²) >= 11 is 1.77. The summed E-state index contributed by atoms with van der Waals surface area (Å²) in [6, 6.07) is 0.866. The molecule has 1 rings (SSSR count). The molecule has 1 aromatic rings. The Morgan fingerprint density at radius 2 is 2.33 bits per heavy atom. The van der Waals surface area contributed by atoms with Crippen molar-refractivity contribution in [1.29, 1.82) is 0 Å². The number of nitrogens with zero attached hydrogens (tertiary/aromatic N) is 1. The molecule has 0 radical (unpaired) electrons. The fraction of sp³-hybridized carbons (Fsp3) is 0.583. The highest BCUT2D eigenvalue weighted by molar-refractivity contribution is 7.11. The van der Waals surface area contributed by atoms with E-state index in [1.807, 2.05) is 12.3 Å². The van der Waals surface area contributed by atoms with E-state index in [4.69, 9.17) is 0 Å². The van der Waals surface area contributed by atoms with E-state index in [0.717, 1.165) is 12.8 Å². The standard InChI is InChI=1S/C12H20N2S/c1-5-6-7-9(2)14-11(4)12-13-8-10(3)15-12/h5,8-9,11,14H,1,6-7H2,2-4H3. The van der Waals surface area contributed by atoms with Crippen molar-refractivity contribution in [3.8, 4) is 0 Å². The van der Waals surface area contributed by atoms with Crippen LogP contribution in [0.15, 0.2) is 18.9 Å². The molecule has 0 saturated carbocycles. The Morgan fingerprint density at radius 3 is 2.87 bits per heavy atom. The van der Waals surface area contributed by atoms with Gasteiger partial charge in [-0.25, -0.2) is 4.98 Å². The molecule has 1 heterocycles. The van der Waals surface area contributed by atoms with Gasteiger partial charge in [0.2, 0.25) is 0 Å². The molecule has 2 nitrogen and oxygen atoms in total. The summed E-state index contributed by atoms with van der Waals surface area (Å²) in [5, 5.41) is 4.72. The molecule has 15 heavy (non-hydrogen) atoms. The first-order chi connectivity index (χ1) is 7.13. The third kappa shape index (κ3) is 4.14. The zero-order valence-electron chi connectivity index (χ0n) is 9.79. The van der Waals surface area contributed by atoms with Crippen LogP contribution < -0.4 is 5.32 Å². The van der Waals surface area contributed by atoms with Crippen LogP contribution in [0.25, 0.3) is 0 Å². The first-order valence-electron chi connectivity index (χ1n) is 5.42. The smallest absolute Gasteiger partial charge is 0.109 e. The maximum absolute atomic E-state index is 4.38. The average Bonchev–Trinajstić information content (AvgIpc) is 2.61. The van der Waals surface area contributed by atoms with E-state index < -0.39 is 0 Å². The van der Waals surface area contributed by atoms with Crippen LogP contribution in [0, 0.1) is 6.92 Å². The van der Waals surface area contributed by atoms with Crippen LogP contribution >= 0.6 is 11.3 Å². The number of nitrogens with one attached hydrogen (secondary N) is 1. The van der Waals surface area contributed by atoms with Crippen LogP contribution in [0.5, 0.6) is 0 Å². The number of hydrogen-bond acceptors (Lipinski definition) is 3. The van der Waals surface area contributed by atoms with Gasteiger partial charge in [0.15, 0.2) is 0 Å². The van der Waals surface area contributed by atoms with Crippen LogP contribution in [0.1, 0.15) is 42.6 Å². The van der Waals surface area contributed by atoms with Gasteiger partial charge in [0.05, 0.1) is 6.04 Å². The Kier molecular flexibility index (Phi) is 4.99. The lowest BCUT2D eigenvalue weighted by atomic mass is 10.1. The van der Waals surface area contributed by atoms with Gasteiger partial charge in [-0.3, -0.25) is 0 Å². The minimum absolute atomic E-state index is 0.350. The molecule has 0 aliphatic rings. The number of thiazole rings is 1. The van der Waals surface area contributed by atoms with Crippen molar-refractivity contribution in [3.63, 3.8) is 0 Å². The van der Waals surface area contributed by atoms with Crippen LogP contribution in [-0.2, 0) is 0 Å². The van der Waals surface area contributed by atoms with Crippen LogP contribution in [-0.4, -0.2) is 11.0 Å². The Bertz CT molecular complexity index is 306. The van der Waals surface area contributed by atoms with E-state index in [1.54, 1.807) is 11.3 Å². The van der Waals surface area contributed by atoms with E-state index in [9.17, 15) is 0 Å². The molecule has 0 saturated heterocycles. The van der Waals surface area contributed by atoms with E-state index in [-0.39, 0.29) is 0 Å². The molecule has 2 unspecified atom stereocenters. The predicted molar refractivity (Wildman–Crippen MR) is 67.3 cm³/mol. The molecular formula is C12H20N2S. The molecule has 2 atom stereocenters. The Labute approximate surface area is 96.4 Å². The molecule has 0 aliphatic heterocycles. The normalized spacial score (nSPS) is 14.9. The first-order valence-corrected chi connectivity index (χ1v) is 6.24. The second-order valence-electron chi connectivity index (χ2n) is 3.96. The predicted octanol–water partition coefficient (Wildman–Crippen LogP) is 3.46. The maximum Gasteiger partial charge on any atom is 0.109 e. The first kappa shape index (κ1) is 12.4. The molecule has 0 fully saturated rings. The molecule has 0 aromatic carbocycles. The molecule has 3 heteroatoms. The quantitative estimate of drug-likeness (QED) is 0.749. The molecule has 84 valence electrons. The van der Waals surface area contributed by atoms with E-state index in [1.165, 1.54) is 9.88 Å². The zero-order chi connectivity index (χ0) is 11.3. The fourth-order valence-corrected chi connectivity index (χ4v) is 2.31. The van der Waals surface area contributed by atoms with Crippen molar-refractivity contribution in [3.05, 3.63) is 28.7 Å². The highest BCUT2D eigenvalue weighted by atomic mass is 32.1. The van der Waals surface area contributed by atoms with Crippen LogP contribution in [0.3, 0.4) is 0 Å². The van der Waals surface area contributed by atoms with Crippen molar-refractivity contribution in [2.24, 2.45) is 0 Å². The summed E-state index contributed by atoms with van der Waals surface area (Å²) in [5.74, 6) is 0. The topological polar surface area (TPSA) is 24.9 Å². The van der Waals surface area contributed by atoms with E-state index in [0.29, 0.717) is 12.1 Å². The van der Waals surface area contributed by atoms with Gasteiger partial charge in [0.25, 0.3) is 0 Å². The van der Waals surface area contributed by atoms with Gasteiger partial charge in [-0.15, -0.1) is 17.9 Å². The largest absolute Gasteiger partial charge is 0.306 e. The number of rotatable bonds is 6. The third-order valence-corrected chi connectivity index (χ3v) is 3.44. The van der Waals surface area contributed by atoms with Crippen molar-refractivity contribution in [2.75, 3.05) is 0 Å². The lowest BCUT2D eigenvalue weighted by Crippen LogP contribution is -2.28. The fourth-order valence-electron chi connectivity index (χ4n) is 1.52. The van der Waals surface area contributed by atoms with Crippen molar-refractivity contribution in [1.82, 2.24) is 10.3 Å². The van der Waals surface area contributed by atoms with E-state index >= 15 is 0 Å². The molecule has 0 aliphatic carbocycles. The lowest BCUT2D eigenvalue weighted by molar-refractivity contribution is 0.458. The number of allylic oxidation sites excluding steroid dienone is 1. The maximum atomic E-state index is 4.38. The highest BCUT2D eigenvalue weighted by Crippen LogP contribution is 2.19. The van der Waals surface area contributed by atoms with Gasteiger partial charge in [-0.1, -0.05) is 6.08 Å². The van der Waals surface area contributed by atoms with E-state index in [2.05, 4.69) is 37.7 Å². The third-order valence-electron chi connectivity index (χ3n) is 2.35. The second-order valence-corrected chi connectivity index (χ2v) is 5.23. The summed E-state index contributed by atoms with van der Waals surface area (Å²) < 4.78 is 0. The number of hydrogen-bond donors (Lipinski definition) is 1. The summed E-state index contributed by atoms with van der Waals surface area (Å²) in [7, 11) is 0. The minimum atomic E-state index is 0.350. The Hall–Kier alpha value is -0.670. The molecular weight excluding hydrogens is 204 g/mol. The lowest BCUT2D eigenvalue weighted by Gasteiger charge is -2.17. The number of aromatic nitrogens is 1. The summed E-state index contributed by atoms with van der Waals surface area (Å²) in [5.41, 5.74) is 0. The molecule has 1 aromatic heterocycles. The summed E-state index contributed by atoms with van der Waals surface area (Å²) in [6.45, 7) is 10.2. The zero-order valence-corrected chi connectivity index (χ0v) is 10.6. The van der Waals surface area contributed by atoms with Gasteiger partial charge >= 0.3 is 0 Å². The molecule has 0 bridgehead atoms. The Balaban J connectivity index is 2.41. The molecule has 0 spiro atoms. The van der Waals surface area contributed by atoms with Crippen LogP contribution in [0.4, 0.5) is 0 Å². The molecule has 1 N–H and O–H groups in total. The summed E-state index contributed by atoms with van der Waals surface area (Å²) in [4.78, 5) is 5.66. The van der Waals surface area contributed by atoms with Gasteiger partial charge in [-0.2, -0.15) is 0 Å². The van der Waals surface area contributed by atoms with Crippen LogP contribution in [0.2, 0.25) is 0 Å². The van der Waals surface area contributed by atoms with Gasteiger partial charge < -0.3 is 5.32 Å². The summed E-state index contributed by atoms with van der Waals surface area (Å²) in [6.07, 6.45) is 6.11. The second kappa shape index (κ2) is 6.03. The van der Waals surface area contributed by atoms with Gasteiger partial charge in [0, 0.05) is 17.1 Å². The number of aryl methyl sites for hydroxylation is 1. The SMILES string of the molecule is C=CCCC(C)NC(C)c1ncc(C)s1. The highest BCUT2D eigenvalue weighted by Gasteiger charge is 2.11. The van der Waals surface area contributed by atoms with Crippen molar-refractivity contribution < 1.29 is 0 Å². The van der Waals surface area contributed by atoms with Gasteiger partial charge in [0.1, 0.15) is 5.01 Å². The minimum Gasteiger partial charge on any atom is -0.306 e. The monoisotopic (exact) mass is 224 g/mol.